The lowest BCUT2D eigenvalue weighted by Gasteiger charge is -2.24. The maximum absolute atomic E-state index is 14.1. The number of alkyl halides is 1. The molecule has 2 unspecified atom stereocenters. The molecule has 1 aromatic carbocycles. The Bertz CT molecular complexity index is 846. The maximum atomic E-state index is 14.1. The van der Waals surface area contributed by atoms with Gasteiger partial charge in [0, 0.05) is 38.0 Å². The van der Waals surface area contributed by atoms with Crippen molar-refractivity contribution >= 4 is 6.03 Å². The van der Waals surface area contributed by atoms with E-state index in [1.807, 2.05) is 50.3 Å². The zero-order chi connectivity index (χ0) is 24.2. The number of piperidine rings is 1. The van der Waals surface area contributed by atoms with Crippen molar-refractivity contribution in [3.63, 3.8) is 0 Å². The second-order valence-corrected chi connectivity index (χ2v) is 7.94. The molecular weight excluding hydrogens is 427 g/mol. The van der Waals surface area contributed by atoms with Crippen LogP contribution >= 0.6 is 0 Å². The van der Waals surface area contributed by atoms with E-state index in [-0.39, 0.29) is 61.4 Å². The third-order valence-electron chi connectivity index (χ3n) is 5.77. The lowest BCUT2D eigenvalue weighted by atomic mass is 9.97. The normalized spacial score (nSPS) is 22.3. The fourth-order valence-corrected chi connectivity index (χ4v) is 4.05. The standard InChI is InChI=1S/C18H18F2N2O.C6H12FN.C2H6/c1-21-18(23)22-11-13(15-10-14(19)7-8-16(15)20)9-17(22)12-5-3-2-4-6-12;7-5-6-3-1-2-4-8-6;1-2/h2-6,9-10,17H,7-8,11H2,1H3,(H,21,23);6,8H,1-5H2;1-2H3. The first-order chi connectivity index (χ1) is 16.0. The Morgan fingerprint density at radius 3 is 2.45 bits per heavy atom. The highest BCUT2D eigenvalue weighted by Crippen LogP contribution is 2.37. The van der Waals surface area contributed by atoms with E-state index >= 15 is 0 Å². The molecule has 33 heavy (non-hydrogen) atoms. The molecule has 2 N–H and O–H groups in total. The average Bonchev–Trinajstić information content (AvgIpc) is 3.33. The van der Waals surface area contributed by atoms with E-state index in [0.717, 1.165) is 18.5 Å². The van der Waals surface area contributed by atoms with Gasteiger partial charge in [0.05, 0.1) is 6.04 Å². The molecule has 2 heterocycles. The van der Waals surface area contributed by atoms with Crippen LogP contribution in [0.4, 0.5) is 18.0 Å². The zero-order valence-electron chi connectivity index (χ0n) is 19.8. The van der Waals surface area contributed by atoms with Gasteiger partial charge in [-0.05, 0) is 36.6 Å². The number of amides is 2. The first kappa shape index (κ1) is 26.7. The highest BCUT2D eigenvalue weighted by atomic mass is 19.1. The van der Waals surface area contributed by atoms with Crippen LogP contribution in [0.2, 0.25) is 0 Å². The number of rotatable bonds is 3. The van der Waals surface area contributed by atoms with Crippen LogP contribution in [0.25, 0.3) is 0 Å². The SMILES string of the molecule is CC.CNC(=O)N1CC(C2=C(F)CCC(F)=C2)=CC1c1ccccc1.FCC1CCCCN1. The Morgan fingerprint density at radius 2 is 1.88 bits per heavy atom. The second kappa shape index (κ2) is 13.9. The maximum Gasteiger partial charge on any atom is 0.318 e. The van der Waals surface area contributed by atoms with Gasteiger partial charge in [-0.3, -0.25) is 0 Å². The third kappa shape index (κ3) is 7.49. The highest BCUT2D eigenvalue weighted by molar-refractivity contribution is 5.76. The van der Waals surface area contributed by atoms with Crippen molar-refractivity contribution in [3.8, 4) is 0 Å². The smallest absolute Gasteiger partial charge is 0.318 e. The van der Waals surface area contributed by atoms with Gasteiger partial charge in [-0.2, -0.15) is 0 Å². The van der Waals surface area contributed by atoms with E-state index < -0.39 is 0 Å². The molecule has 0 bridgehead atoms. The molecule has 4 rings (SSSR count). The minimum absolute atomic E-state index is 0.0744. The Morgan fingerprint density at radius 1 is 1.15 bits per heavy atom. The van der Waals surface area contributed by atoms with Crippen molar-refractivity contribution in [2.75, 3.05) is 26.8 Å². The summed E-state index contributed by atoms with van der Waals surface area (Å²) in [5, 5.41) is 5.70. The van der Waals surface area contributed by atoms with E-state index in [1.165, 1.54) is 18.9 Å². The van der Waals surface area contributed by atoms with Crippen molar-refractivity contribution in [2.24, 2.45) is 0 Å². The summed E-state index contributed by atoms with van der Waals surface area (Å²) < 4.78 is 39.5. The Balaban J connectivity index is 0.000000323. The van der Waals surface area contributed by atoms with Gasteiger partial charge in [-0.15, -0.1) is 0 Å². The number of allylic oxidation sites excluding steroid dienone is 3. The fraction of sp³-hybridized carbons (Fsp3) is 0.500. The summed E-state index contributed by atoms with van der Waals surface area (Å²) in [6.45, 7) is 5.07. The van der Waals surface area contributed by atoms with E-state index in [0.29, 0.717) is 5.57 Å². The van der Waals surface area contributed by atoms with Crippen molar-refractivity contribution in [3.05, 3.63) is 70.8 Å². The van der Waals surface area contributed by atoms with Crippen LogP contribution in [-0.2, 0) is 0 Å². The lowest BCUT2D eigenvalue weighted by molar-refractivity contribution is 0.199. The van der Waals surface area contributed by atoms with Crippen LogP contribution in [0.5, 0.6) is 0 Å². The van der Waals surface area contributed by atoms with Crippen molar-refractivity contribution in [1.82, 2.24) is 15.5 Å². The summed E-state index contributed by atoms with van der Waals surface area (Å²) in [6.07, 6.45) is 6.71. The summed E-state index contributed by atoms with van der Waals surface area (Å²) in [5.41, 5.74) is 1.86. The largest absolute Gasteiger partial charge is 0.341 e. The van der Waals surface area contributed by atoms with Crippen LogP contribution in [0, 0.1) is 0 Å². The monoisotopic (exact) mass is 463 g/mol. The molecule has 2 aliphatic heterocycles. The number of hydrogen-bond donors (Lipinski definition) is 2. The molecule has 3 aliphatic rings. The van der Waals surface area contributed by atoms with Crippen LogP contribution in [0.15, 0.2) is 65.3 Å². The van der Waals surface area contributed by atoms with Gasteiger partial charge in [0.25, 0.3) is 0 Å². The number of nitrogens with zero attached hydrogens (tertiary/aromatic N) is 1. The topological polar surface area (TPSA) is 44.4 Å². The summed E-state index contributed by atoms with van der Waals surface area (Å²) in [4.78, 5) is 13.8. The number of benzene rings is 1. The van der Waals surface area contributed by atoms with Gasteiger partial charge in [-0.1, -0.05) is 56.7 Å². The fourth-order valence-electron chi connectivity index (χ4n) is 4.05. The number of halogens is 3. The van der Waals surface area contributed by atoms with Gasteiger partial charge in [0.2, 0.25) is 0 Å². The Kier molecular flexibility index (Phi) is 11.2. The molecule has 182 valence electrons. The number of urea groups is 1. The summed E-state index contributed by atoms with van der Waals surface area (Å²) in [7, 11) is 1.56. The van der Waals surface area contributed by atoms with E-state index in [4.69, 9.17) is 0 Å². The van der Waals surface area contributed by atoms with Gasteiger partial charge in [0.15, 0.2) is 0 Å². The quantitative estimate of drug-likeness (QED) is 0.552. The number of carbonyl (C=O) groups is 1. The molecule has 0 radical (unpaired) electrons. The second-order valence-electron chi connectivity index (χ2n) is 7.94. The molecule has 1 saturated heterocycles. The van der Waals surface area contributed by atoms with Gasteiger partial charge < -0.3 is 15.5 Å². The molecule has 0 saturated carbocycles. The Labute approximate surface area is 195 Å². The molecule has 1 fully saturated rings. The number of carbonyl (C=O) groups excluding carboxylic acids is 1. The summed E-state index contributed by atoms with van der Waals surface area (Å²) in [6, 6.07) is 9.16. The predicted molar refractivity (Wildman–Crippen MR) is 128 cm³/mol. The van der Waals surface area contributed by atoms with Crippen LogP contribution in [-0.4, -0.2) is 43.8 Å². The Hall–Kier alpha value is -2.54. The molecule has 2 amide bonds. The number of hydrogen-bond acceptors (Lipinski definition) is 2. The van der Waals surface area contributed by atoms with Crippen molar-refractivity contribution in [2.45, 2.75) is 58.0 Å². The summed E-state index contributed by atoms with van der Waals surface area (Å²) in [5.74, 6) is -0.639. The van der Waals surface area contributed by atoms with Crippen LogP contribution in [0.3, 0.4) is 0 Å². The third-order valence-corrected chi connectivity index (χ3v) is 5.77. The molecule has 0 spiro atoms. The van der Waals surface area contributed by atoms with Crippen LogP contribution < -0.4 is 10.6 Å². The minimum atomic E-state index is -0.322. The average molecular weight is 464 g/mol. The molecule has 2 atom stereocenters. The first-order valence-corrected chi connectivity index (χ1v) is 11.8. The van der Waals surface area contributed by atoms with Crippen LogP contribution in [0.1, 0.15) is 57.6 Å². The molecule has 7 heteroatoms. The lowest BCUT2D eigenvalue weighted by Crippen LogP contribution is -2.38. The number of nitrogens with one attached hydrogen (secondary N) is 2. The molecule has 1 aromatic rings. The molecule has 1 aliphatic carbocycles. The van der Waals surface area contributed by atoms with E-state index in [1.54, 1.807) is 11.9 Å². The van der Waals surface area contributed by atoms with E-state index in [9.17, 15) is 18.0 Å². The predicted octanol–water partition coefficient (Wildman–Crippen LogP) is 6.30. The van der Waals surface area contributed by atoms with Gasteiger partial charge in [-0.25, -0.2) is 18.0 Å². The summed E-state index contributed by atoms with van der Waals surface area (Å²) >= 11 is 0. The van der Waals surface area contributed by atoms with E-state index in [2.05, 4.69) is 10.6 Å². The zero-order valence-corrected chi connectivity index (χ0v) is 19.8. The van der Waals surface area contributed by atoms with Gasteiger partial charge >= 0.3 is 6.03 Å². The molecule has 4 nitrogen and oxygen atoms in total. The molecular formula is C26H36F3N3O. The first-order valence-electron chi connectivity index (χ1n) is 11.8. The van der Waals surface area contributed by atoms with Crippen molar-refractivity contribution in [1.29, 1.82) is 0 Å². The molecule has 0 aromatic heterocycles. The van der Waals surface area contributed by atoms with Gasteiger partial charge in [0.1, 0.15) is 18.3 Å². The minimum Gasteiger partial charge on any atom is -0.341 e. The highest BCUT2D eigenvalue weighted by Gasteiger charge is 2.32. The van der Waals surface area contributed by atoms with Crippen molar-refractivity contribution < 1.29 is 18.0 Å².